The Labute approximate surface area is 126 Å². The van der Waals surface area contributed by atoms with Gasteiger partial charge < -0.3 is 14.6 Å². The van der Waals surface area contributed by atoms with E-state index in [-0.39, 0.29) is 24.2 Å². The summed E-state index contributed by atoms with van der Waals surface area (Å²) < 4.78 is 10.4. The number of aliphatic hydroxyl groups is 1. The molecule has 0 saturated heterocycles. The molecule has 0 amide bonds. The molecule has 3 rings (SSSR count). The maximum Gasteiger partial charge on any atom is 0.341 e. The van der Waals surface area contributed by atoms with Crippen molar-refractivity contribution in [2.45, 2.75) is 12.7 Å². The average Bonchev–Trinajstić information content (AvgIpc) is 2.51. The number of hydrogen-bond acceptors (Lipinski definition) is 5. The van der Waals surface area contributed by atoms with Gasteiger partial charge in [-0.25, -0.2) is 4.79 Å². The largest absolute Gasteiger partial charge is 0.480 e. The van der Waals surface area contributed by atoms with Gasteiger partial charge in [-0.1, -0.05) is 30.2 Å². The lowest BCUT2D eigenvalue weighted by Gasteiger charge is -2.25. The van der Waals surface area contributed by atoms with Crippen LogP contribution >= 0.6 is 0 Å². The summed E-state index contributed by atoms with van der Waals surface area (Å²) in [4.78, 5) is 23.7. The summed E-state index contributed by atoms with van der Waals surface area (Å²) in [5.41, 5.74) is 0.931. The minimum Gasteiger partial charge on any atom is -0.480 e. The Morgan fingerprint density at radius 2 is 2.14 bits per heavy atom. The van der Waals surface area contributed by atoms with E-state index in [0.29, 0.717) is 28.4 Å². The molecule has 0 fully saturated rings. The number of cyclic esters (lactones) is 1. The first-order valence-electron chi connectivity index (χ1n) is 6.65. The molecule has 5 nitrogen and oxygen atoms in total. The van der Waals surface area contributed by atoms with Crippen LogP contribution in [0.4, 0.5) is 0 Å². The van der Waals surface area contributed by atoms with Crippen molar-refractivity contribution in [1.82, 2.24) is 0 Å². The van der Waals surface area contributed by atoms with Crippen LogP contribution in [0, 0.1) is 12.3 Å². The molecule has 1 N–H and O–H groups in total. The first kappa shape index (κ1) is 14.1. The van der Waals surface area contributed by atoms with Gasteiger partial charge in [-0.2, -0.15) is 0 Å². The molecule has 0 aliphatic carbocycles. The van der Waals surface area contributed by atoms with Gasteiger partial charge in [0.15, 0.2) is 6.29 Å². The Bertz CT molecular complexity index is 816. The topological polar surface area (TPSA) is 72.8 Å². The standard InChI is InChI=1S/C17H12O5/c1-2-7-21-16-11-6-4-3-5-10(11)15-12(13(16)9-18)8-14(19)22-17(15)20/h1,3-6,9,14,19H,7-8H2. The molecule has 110 valence electrons. The highest BCUT2D eigenvalue weighted by Crippen LogP contribution is 2.38. The molecular weight excluding hydrogens is 284 g/mol. The van der Waals surface area contributed by atoms with Crippen molar-refractivity contribution in [3.8, 4) is 18.1 Å². The third-order valence-electron chi connectivity index (χ3n) is 3.56. The zero-order chi connectivity index (χ0) is 15.7. The highest BCUT2D eigenvalue weighted by molar-refractivity contribution is 6.12. The summed E-state index contributed by atoms with van der Waals surface area (Å²) in [6, 6.07) is 7.03. The minimum absolute atomic E-state index is 0.00335. The number of fused-ring (bicyclic) bond motifs is 3. The second-order valence-electron chi connectivity index (χ2n) is 4.82. The van der Waals surface area contributed by atoms with E-state index >= 15 is 0 Å². The maximum atomic E-state index is 12.1. The number of hydrogen-bond donors (Lipinski definition) is 1. The molecule has 22 heavy (non-hydrogen) atoms. The van der Waals surface area contributed by atoms with Crippen molar-refractivity contribution in [2.24, 2.45) is 0 Å². The zero-order valence-electron chi connectivity index (χ0n) is 11.5. The first-order chi connectivity index (χ1) is 10.7. The van der Waals surface area contributed by atoms with Crippen molar-refractivity contribution < 1.29 is 24.2 Å². The Morgan fingerprint density at radius 1 is 1.41 bits per heavy atom. The van der Waals surface area contributed by atoms with Gasteiger partial charge in [0.05, 0.1) is 11.1 Å². The van der Waals surface area contributed by atoms with E-state index in [2.05, 4.69) is 5.92 Å². The van der Waals surface area contributed by atoms with Gasteiger partial charge in [-0.15, -0.1) is 6.42 Å². The van der Waals surface area contributed by atoms with Gasteiger partial charge in [-0.3, -0.25) is 4.79 Å². The molecule has 5 heteroatoms. The summed E-state index contributed by atoms with van der Waals surface area (Å²) in [5, 5.41) is 10.9. The lowest BCUT2D eigenvalue weighted by molar-refractivity contribution is -0.0685. The summed E-state index contributed by atoms with van der Waals surface area (Å²) in [5.74, 6) is 2.02. The van der Waals surface area contributed by atoms with Crippen LogP contribution in [-0.4, -0.2) is 30.3 Å². The number of ether oxygens (including phenoxy) is 2. The molecule has 1 heterocycles. The fourth-order valence-corrected chi connectivity index (χ4v) is 2.72. The number of aliphatic hydroxyl groups excluding tert-OH is 1. The number of terminal acetylenes is 1. The lowest BCUT2D eigenvalue weighted by Crippen LogP contribution is -2.28. The van der Waals surface area contributed by atoms with Gasteiger partial charge in [0.25, 0.3) is 0 Å². The normalized spacial score (nSPS) is 16.5. The number of rotatable bonds is 3. The number of carbonyl (C=O) groups is 2. The van der Waals surface area contributed by atoms with Gasteiger partial charge in [-0.05, 0) is 5.56 Å². The van der Waals surface area contributed by atoms with E-state index in [1.165, 1.54) is 0 Å². The Hall–Kier alpha value is -2.84. The van der Waals surface area contributed by atoms with Crippen LogP contribution in [0.15, 0.2) is 24.3 Å². The van der Waals surface area contributed by atoms with Crippen molar-refractivity contribution >= 4 is 23.0 Å². The van der Waals surface area contributed by atoms with Crippen LogP contribution in [0.1, 0.15) is 26.3 Å². The number of esters is 1. The number of carbonyl (C=O) groups excluding carboxylic acids is 2. The predicted molar refractivity (Wildman–Crippen MR) is 78.8 cm³/mol. The predicted octanol–water partition coefficient (Wildman–Crippen LogP) is 1.70. The fraction of sp³-hybridized carbons (Fsp3) is 0.176. The van der Waals surface area contributed by atoms with Crippen LogP contribution in [0.5, 0.6) is 5.75 Å². The molecule has 1 aliphatic rings. The van der Waals surface area contributed by atoms with Gasteiger partial charge in [0, 0.05) is 17.2 Å². The smallest absolute Gasteiger partial charge is 0.341 e. The third-order valence-corrected chi connectivity index (χ3v) is 3.56. The second-order valence-corrected chi connectivity index (χ2v) is 4.82. The molecule has 2 aromatic carbocycles. The number of benzene rings is 2. The highest BCUT2D eigenvalue weighted by atomic mass is 16.6. The van der Waals surface area contributed by atoms with Crippen molar-refractivity contribution in [2.75, 3.05) is 6.61 Å². The lowest BCUT2D eigenvalue weighted by atomic mass is 9.90. The molecular formula is C17H12O5. The fourth-order valence-electron chi connectivity index (χ4n) is 2.72. The minimum atomic E-state index is -1.28. The van der Waals surface area contributed by atoms with Gasteiger partial charge in [0.2, 0.25) is 6.29 Å². The Balaban J connectivity index is 2.39. The van der Waals surface area contributed by atoms with Crippen LogP contribution in [-0.2, 0) is 11.2 Å². The van der Waals surface area contributed by atoms with Crippen molar-refractivity contribution in [1.29, 1.82) is 0 Å². The van der Waals surface area contributed by atoms with E-state index in [9.17, 15) is 14.7 Å². The number of aldehydes is 1. The van der Waals surface area contributed by atoms with Crippen molar-refractivity contribution in [3.63, 3.8) is 0 Å². The van der Waals surface area contributed by atoms with Crippen LogP contribution in [0.2, 0.25) is 0 Å². The second kappa shape index (κ2) is 5.51. The molecule has 1 aliphatic heterocycles. The summed E-state index contributed by atoms with van der Waals surface area (Å²) in [6.45, 7) is -0.00335. The van der Waals surface area contributed by atoms with E-state index in [4.69, 9.17) is 15.9 Å². The molecule has 0 saturated carbocycles. The monoisotopic (exact) mass is 296 g/mol. The Kier molecular flexibility index (Phi) is 3.53. The molecule has 2 aromatic rings. The summed E-state index contributed by atoms with van der Waals surface area (Å²) in [6.07, 6.45) is 4.59. The molecule has 0 spiro atoms. The Morgan fingerprint density at radius 3 is 2.82 bits per heavy atom. The van der Waals surface area contributed by atoms with E-state index < -0.39 is 12.3 Å². The van der Waals surface area contributed by atoms with Gasteiger partial charge in [0.1, 0.15) is 12.4 Å². The summed E-state index contributed by atoms with van der Waals surface area (Å²) in [7, 11) is 0. The molecule has 0 radical (unpaired) electrons. The molecule has 1 unspecified atom stereocenters. The molecule has 0 aromatic heterocycles. The SMILES string of the molecule is C#CCOc1c(C=O)c2c(c3ccccc13)C(=O)OC(O)C2. The average molecular weight is 296 g/mol. The summed E-state index contributed by atoms with van der Waals surface area (Å²) >= 11 is 0. The van der Waals surface area contributed by atoms with Crippen molar-refractivity contribution in [3.05, 3.63) is 41.0 Å². The highest BCUT2D eigenvalue weighted by Gasteiger charge is 2.31. The molecule has 0 bridgehead atoms. The van der Waals surface area contributed by atoms with E-state index in [0.717, 1.165) is 0 Å². The quantitative estimate of drug-likeness (QED) is 0.530. The third kappa shape index (κ3) is 2.10. The van der Waals surface area contributed by atoms with Crippen LogP contribution < -0.4 is 4.74 Å². The maximum absolute atomic E-state index is 12.1. The first-order valence-corrected chi connectivity index (χ1v) is 6.65. The van der Waals surface area contributed by atoms with Crippen LogP contribution in [0.3, 0.4) is 0 Å². The van der Waals surface area contributed by atoms with Gasteiger partial charge >= 0.3 is 5.97 Å². The van der Waals surface area contributed by atoms with Crippen LogP contribution in [0.25, 0.3) is 10.8 Å². The van der Waals surface area contributed by atoms with E-state index in [1.807, 2.05) is 0 Å². The molecule has 1 atom stereocenters. The van der Waals surface area contributed by atoms with E-state index in [1.54, 1.807) is 24.3 Å². The zero-order valence-corrected chi connectivity index (χ0v) is 11.5.